The van der Waals surface area contributed by atoms with Gasteiger partial charge in [0.25, 0.3) is 0 Å². The fourth-order valence-corrected chi connectivity index (χ4v) is 2.10. The maximum atomic E-state index is 11.3. The van der Waals surface area contributed by atoms with Gasteiger partial charge in [-0.2, -0.15) is 0 Å². The molecule has 1 rings (SSSR count). The first-order chi connectivity index (χ1) is 7.84. The van der Waals surface area contributed by atoms with Crippen LogP contribution in [0.15, 0.2) is 22.7 Å². The van der Waals surface area contributed by atoms with E-state index in [1.807, 2.05) is 25.9 Å². The van der Waals surface area contributed by atoms with Crippen molar-refractivity contribution in [2.75, 3.05) is 20.6 Å². The van der Waals surface area contributed by atoms with Crippen molar-refractivity contribution >= 4 is 5.97 Å². The van der Waals surface area contributed by atoms with Crippen LogP contribution in [0.2, 0.25) is 0 Å². The van der Waals surface area contributed by atoms with Crippen molar-refractivity contribution in [1.82, 2.24) is 10.2 Å². The fraction of sp³-hybridized carbons (Fsp3) is 0.583. The minimum absolute atomic E-state index is 0.198. The Morgan fingerprint density at radius 1 is 1.41 bits per heavy atom. The number of nitrogens with two attached hydrogens (primary N) is 1. The second-order valence-corrected chi connectivity index (χ2v) is 4.69. The highest BCUT2D eigenvalue weighted by molar-refractivity contribution is 5.89. The topological polar surface area (TPSA) is 78.6 Å². The van der Waals surface area contributed by atoms with Crippen molar-refractivity contribution in [3.8, 4) is 0 Å². The molecule has 1 heterocycles. The Kier molecular flexibility index (Phi) is 4.17. The molecule has 0 saturated heterocycles. The Balaban J connectivity index is 2.99. The van der Waals surface area contributed by atoms with Crippen LogP contribution in [0.1, 0.15) is 20.3 Å². The molecule has 4 N–H and O–H groups in total. The second kappa shape index (κ2) is 5.23. The van der Waals surface area contributed by atoms with Crippen molar-refractivity contribution in [2.24, 2.45) is 11.7 Å². The SMILES string of the molecule is CC1=C(N)C(CCN(C)C)C(C(=O)O)=C(C)N1. The second-order valence-electron chi connectivity index (χ2n) is 4.69. The molecule has 5 nitrogen and oxygen atoms in total. The quantitative estimate of drug-likeness (QED) is 0.673. The monoisotopic (exact) mass is 239 g/mol. The first kappa shape index (κ1) is 13.6. The number of hydrogen-bond acceptors (Lipinski definition) is 4. The van der Waals surface area contributed by atoms with Crippen LogP contribution in [0.5, 0.6) is 0 Å². The van der Waals surface area contributed by atoms with Gasteiger partial charge in [0.1, 0.15) is 0 Å². The average Bonchev–Trinajstić information content (AvgIpc) is 2.20. The summed E-state index contributed by atoms with van der Waals surface area (Å²) in [6.07, 6.45) is 0.719. The number of rotatable bonds is 4. The lowest BCUT2D eigenvalue weighted by Gasteiger charge is -2.29. The smallest absolute Gasteiger partial charge is 0.334 e. The van der Waals surface area contributed by atoms with E-state index in [-0.39, 0.29) is 5.92 Å². The summed E-state index contributed by atoms with van der Waals surface area (Å²) in [5, 5.41) is 12.3. The Hall–Kier alpha value is -1.49. The molecule has 0 saturated carbocycles. The van der Waals surface area contributed by atoms with Crippen LogP contribution in [0.25, 0.3) is 0 Å². The molecule has 0 bridgehead atoms. The number of nitrogens with one attached hydrogen (secondary N) is 1. The highest BCUT2D eigenvalue weighted by Crippen LogP contribution is 2.29. The zero-order valence-electron chi connectivity index (χ0n) is 10.9. The molecule has 17 heavy (non-hydrogen) atoms. The van der Waals surface area contributed by atoms with E-state index < -0.39 is 5.97 Å². The predicted molar refractivity (Wildman–Crippen MR) is 67.0 cm³/mol. The molecule has 96 valence electrons. The molecular formula is C12H21N3O2. The summed E-state index contributed by atoms with van der Waals surface area (Å²) in [4.78, 5) is 13.3. The van der Waals surface area contributed by atoms with Crippen LogP contribution in [0.3, 0.4) is 0 Å². The van der Waals surface area contributed by atoms with Gasteiger partial charge in [-0.1, -0.05) is 0 Å². The summed E-state index contributed by atoms with van der Waals surface area (Å²) in [6, 6.07) is 0. The van der Waals surface area contributed by atoms with Crippen molar-refractivity contribution in [3.05, 3.63) is 22.7 Å². The number of carbonyl (C=O) groups is 1. The minimum Gasteiger partial charge on any atom is -0.478 e. The third kappa shape index (κ3) is 3.00. The normalized spacial score (nSPS) is 20.9. The van der Waals surface area contributed by atoms with E-state index in [4.69, 9.17) is 5.73 Å². The van der Waals surface area contributed by atoms with E-state index in [9.17, 15) is 9.90 Å². The molecule has 0 amide bonds. The van der Waals surface area contributed by atoms with E-state index in [0.29, 0.717) is 17.0 Å². The zero-order chi connectivity index (χ0) is 13.2. The minimum atomic E-state index is -0.894. The molecule has 0 spiro atoms. The maximum Gasteiger partial charge on any atom is 0.334 e. The molecule has 1 unspecified atom stereocenters. The average molecular weight is 239 g/mol. The molecule has 0 fully saturated rings. The Bertz CT molecular complexity index is 383. The lowest BCUT2D eigenvalue weighted by Crippen LogP contribution is -2.33. The summed E-state index contributed by atoms with van der Waals surface area (Å²) in [7, 11) is 3.93. The lowest BCUT2D eigenvalue weighted by molar-refractivity contribution is -0.133. The van der Waals surface area contributed by atoms with E-state index >= 15 is 0 Å². The summed E-state index contributed by atoms with van der Waals surface area (Å²) >= 11 is 0. The van der Waals surface area contributed by atoms with Crippen LogP contribution in [-0.2, 0) is 4.79 Å². The Labute approximate surface area is 102 Å². The lowest BCUT2D eigenvalue weighted by atomic mass is 9.87. The maximum absolute atomic E-state index is 11.3. The highest BCUT2D eigenvalue weighted by Gasteiger charge is 2.29. The van der Waals surface area contributed by atoms with Gasteiger partial charge >= 0.3 is 5.97 Å². The standard InChI is InChI=1S/C12H21N3O2/c1-7-10(12(16)17)9(5-6-15(3)4)11(13)8(2)14-7/h9,14H,5-6,13H2,1-4H3,(H,16,17). The van der Waals surface area contributed by atoms with Gasteiger partial charge in [0, 0.05) is 23.0 Å². The molecule has 0 aromatic heterocycles. The molecule has 0 aromatic rings. The third-order valence-electron chi connectivity index (χ3n) is 3.03. The predicted octanol–water partition coefficient (Wildman–Crippen LogP) is 0.706. The number of aliphatic carboxylic acids is 1. The number of allylic oxidation sites excluding steroid dienone is 3. The van der Waals surface area contributed by atoms with Crippen LogP contribution in [0, 0.1) is 5.92 Å². The Morgan fingerprint density at radius 3 is 2.47 bits per heavy atom. The van der Waals surface area contributed by atoms with E-state index in [0.717, 1.165) is 18.7 Å². The van der Waals surface area contributed by atoms with Crippen LogP contribution in [-0.4, -0.2) is 36.6 Å². The van der Waals surface area contributed by atoms with Gasteiger partial charge in [0.05, 0.1) is 5.57 Å². The van der Waals surface area contributed by atoms with Gasteiger partial charge in [-0.25, -0.2) is 4.79 Å². The Morgan fingerprint density at radius 2 is 2.00 bits per heavy atom. The van der Waals surface area contributed by atoms with E-state index in [1.54, 1.807) is 6.92 Å². The number of dihydropyridines is 1. The molecule has 0 aromatic carbocycles. The van der Waals surface area contributed by atoms with Gasteiger partial charge in [-0.3, -0.25) is 0 Å². The zero-order valence-corrected chi connectivity index (χ0v) is 10.9. The summed E-state index contributed by atoms with van der Waals surface area (Å²) in [5.41, 5.74) is 8.56. The first-order valence-corrected chi connectivity index (χ1v) is 5.66. The molecule has 1 aliphatic heterocycles. The van der Waals surface area contributed by atoms with Crippen LogP contribution in [0.4, 0.5) is 0 Å². The number of hydrogen-bond donors (Lipinski definition) is 3. The number of carboxylic acids is 1. The van der Waals surface area contributed by atoms with E-state index in [1.165, 1.54) is 0 Å². The summed E-state index contributed by atoms with van der Waals surface area (Å²) in [5.74, 6) is -1.09. The van der Waals surface area contributed by atoms with Gasteiger partial charge < -0.3 is 21.1 Å². The van der Waals surface area contributed by atoms with Crippen molar-refractivity contribution in [1.29, 1.82) is 0 Å². The number of nitrogens with zero attached hydrogens (tertiary/aromatic N) is 1. The first-order valence-electron chi connectivity index (χ1n) is 5.66. The molecule has 0 aliphatic carbocycles. The van der Waals surface area contributed by atoms with Gasteiger partial charge in [0.2, 0.25) is 0 Å². The van der Waals surface area contributed by atoms with Gasteiger partial charge in [0.15, 0.2) is 0 Å². The summed E-state index contributed by atoms with van der Waals surface area (Å²) < 4.78 is 0. The summed E-state index contributed by atoms with van der Waals surface area (Å²) in [6.45, 7) is 4.46. The van der Waals surface area contributed by atoms with Crippen LogP contribution < -0.4 is 11.1 Å². The fourth-order valence-electron chi connectivity index (χ4n) is 2.10. The molecule has 5 heteroatoms. The molecule has 1 atom stereocenters. The highest BCUT2D eigenvalue weighted by atomic mass is 16.4. The van der Waals surface area contributed by atoms with E-state index in [2.05, 4.69) is 5.32 Å². The molecule has 0 radical (unpaired) electrons. The van der Waals surface area contributed by atoms with Crippen molar-refractivity contribution < 1.29 is 9.90 Å². The largest absolute Gasteiger partial charge is 0.478 e. The molecule has 1 aliphatic rings. The molecular weight excluding hydrogens is 218 g/mol. The van der Waals surface area contributed by atoms with Crippen LogP contribution >= 0.6 is 0 Å². The number of carboxylic acid groups (broad SMARTS) is 1. The third-order valence-corrected chi connectivity index (χ3v) is 3.03. The van der Waals surface area contributed by atoms with Gasteiger partial charge in [-0.15, -0.1) is 0 Å². The van der Waals surface area contributed by atoms with Crippen molar-refractivity contribution in [2.45, 2.75) is 20.3 Å². The van der Waals surface area contributed by atoms with Gasteiger partial charge in [-0.05, 0) is 40.9 Å². The van der Waals surface area contributed by atoms with Crippen molar-refractivity contribution in [3.63, 3.8) is 0 Å².